The summed E-state index contributed by atoms with van der Waals surface area (Å²) in [6, 6.07) is 4.02. The van der Waals surface area contributed by atoms with Gasteiger partial charge < -0.3 is 10.8 Å². The predicted octanol–water partition coefficient (Wildman–Crippen LogP) is 2.84. The van der Waals surface area contributed by atoms with Crippen molar-refractivity contribution in [1.82, 2.24) is 0 Å². The SMILES string of the molecule is Cc1cc(Br)cc(C2(C(C)N)CC2)c1O. The maximum atomic E-state index is 10.1. The van der Waals surface area contributed by atoms with Crippen molar-refractivity contribution in [3.63, 3.8) is 0 Å². The van der Waals surface area contributed by atoms with Gasteiger partial charge >= 0.3 is 0 Å². The Labute approximate surface area is 98.6 Å². The number of phenols is 1. The zero-order chi connectivity index (χ0) is 11.2. The third-order valence-electron chi connectivity index (χ3n) is 3.46. The second-order valence-corrected chi connectivity index (χ2v) is 5.48. The molecule has 2 nitrogen and oxygen atoms in total. The Morgan fingerprint density at radius 1 is 1.47 bits per heavy atom. The van der Waals surface area contributed by atoms with E-state index in [0.29, 0.717) is 5.75 Å². The van der Waals surface area contributed by atoms with E-state index in [1.54, 1.807) is 0 Å². The normalized spacial score (nSPS) is 20.0. The summed E-state index contributed by atoms with van der Waals surface area (Å²) in [5, 5.41) is 10.1. The molecule has 2 rings (SSSR count). The summed E-state index contributed by atoms with van der Waals surface area (Å²) >= 11 is 3.46. The molecule has 1 unspecified atom stereocenters. The first-order chi connectivity index (χ1) is 6.97. The van der Waals surface area contributed by atoms with E-state index >= 15 is 0 Å². The van der Waals surface area contributed by atoms with Crippen molar-refractivity contribution in [1.29, 1.82) is 0 Å². The number of aromatic hydroxyl groups is 1. The fourth-order valence-corrected chi connectivity index (χ4v) is 2.79. The third-order valence-corrected chi connectivity index (χ3v) is 3.92. The molecule has 0 aromatic heterocycles. The summed E-state index contributed by atoms with van der Waals surface area (Å²) in [5.41, 5.74) is 7.93. The first kappa shape index (κ1) is 11.0. The Hall–Kier alpha value is -0.540. The van der Waals surface area contributed by atoms with E-state index in [2.05, 4.69) is 15.9 Å². The maximum Gasteiger partial charge on any atom is 0.122 e. The van der Waals surface area contributed by atoms with Gasteiger partial charge in [0.1, 0.15) is 5.75 Å². The van der Waals surface area contributed by atoms with Crippen molar-refractivity contribution in [3.05, 3.63) is 27.7 Å². The van der Waals surface area contributed by atoms with Crippen LogP contribution in [0.15, 0.2) is 16.6 Å². The molecule has 15 heavy (non-hydrogen) atoms. The fraction of sp³-hybridized carbons (Fsp3) is 0.500. The topological polar surface area (TPSA) is 46.2 Å². The molecule has 0 amide bonds. The van der Waals surface area contributed by atoms with Gasteiger partial charge in [0.15, 0.2) is 0 Å². The number of hydrogen-bond acceptors (Lipinski definition) is 2. The lowest BCUT2D eigenvalue weighted by Crippen LogP contribution is -2.31. The molecule has 0 radical (unpaired) electrons. The van der Waals surface area contributed by atoms with Gasteiger partial charge in [-0.25, -0.2) is 0 Å². The molecule has 1 aliphatic carbocycles. The van der Waals surface area contributed by atoms with Gasteiger partial charge in [0.25, 0.3) is 0 Å². The van der Waals surface area contributed by atoms with E-state index in [9.17, 15) is 5.11 Å². The molecular formula is C12H16BrNO. The molecule has 3 N–H and O–H groups in total. The summed E-state index contributed by atoms with van der Waals surface area (Å²) in [4.78, 5) is 0. The van der Waals surface area contributed by atoms with Crippen LogP contribution >= 0.6 is 15.9 Å². The largest absolute Gasteiger partial charge is 0.507 e. The van der Waals surface area contributed by atoms with Crippen LogP contribution in [0.1, 0.15) is 30.9 Å². The second-order valence-electron chi connectivity index (χ2n) is 4.56. The molecule has 0 saturated heterocycles. The van der Waals surface area contributed by atoms with Crippen LogP contribution in [-0.4, -0.2) is 11.1 Å². The summed E-state index contributed by atoms with van der Waals surface area (Å²) in [7, 11) is 0. The van der Waals surface area contributed by atoms with Gasteiger partial charge in [0.05, 0.1) is 0 Å². The third kappa shape index (κ3) is 1.68. The van der Waals surface area contributed by atoms with Gasteiger partial charge in [0, 0.05) is 21.5 Å². The monoisotopic (exact) mass is 269 g/mol. The maximum absolute atomic E-state index is 10.1. The summed E-state index contributed by atoms with van der Waals surface area (Å²) in [6.07, 6.45) is 2.16. The van der Waals surface area contributed by atoms with Gasteiger partial charge in [-0.05, 0) is 44.4 Å². The van der Waals surface area contributed by atoms with Crippen molar-refractivity contribution in [2.75, 3.05) is 0 Å². The van der Waals surface area contributed by atoms with Gasteiger partial charge in [-0.2, -0.15) is 0 Å². The molecule has 1 fully saturated rings. The lowest BCUT2D eigenvalue weighted by Gasteiger charge is -2.22. The lowest BCUT2D eigenvalue weighted by atomic mass is 9.88. The predicted molar refractivity (Wildman–Crippen MR) is 65.1 cm³/mol. The molecule has 1 aliphatic rings. The molecule has 82 valence electrons. The number of phenolic OH excluding ortho intramolecular Hbond substituents is 1. The van der Waals surface area contributed by atoms with Crippen LogP contribution < -0.4 is 5.73 Å². The molecule has 0 bridgehead atoms. The zero-order valence-electron chi connectivity index (χ0n) is 9.05. The van der Waals surface area contributed by atoms with Gasteiger partial charge in [-0.15, -0.1) is 0 Å². The Morgan fingerprint density at radius 2 is 2.07 bits per heavy atom. The van der Waals surface area contributed by atoms with E-state index < -0.39 is 0 Å². The van der Waals surface area contributed by atoms with Crippen molar-refractivity contribution < 1.29 is 5.11 Å². The van der Waals surface area contributed by atoms with Crippen LogP contribution in [0.5, 0.6) is 5.75 Å². The average Bonchev–Trinajstić information content (AvgIpc) is 2.91. The first-order valence-electron chi connectivity index (χ1n) is 5.22. The van der Waals surface area contributed by atoms with Crippen LogP contribution in [-0.2, 0) is 5.41 Å². The highest BCUT2D eigenvalue weighted by Gasteiger charge is 2.49. The standard InChI is InChI=1S/C12H16BrNO/c1-7-5-9(13)6-10(11(7)15)12(3-4-12)8(2)14/h5-6,8,15H,3-4,14H2,1-2H3. The van der Waals surface area contributed by atoms with Crippen LogP contribution in [0, 0.1) is 6.92 Å². The number of aryl methyl sites for hydroxylation is 1. The Morgan fingerprint density at radius 3 is 2.53 bits per heavy atom. The van der Waals surface area contributed by atoms with Crippen LogP contribution in [0.25, 0.3) is 0 Å². The second kappa shape index (κ2) is 3.49. The molecule has 0 heterocycles. The number of hydrogen-bond donors (Lipinski definition) is 2. The molecule has 1 aromatic carbocycles. The highest BCUT2D eigenvalue weighted by atomic mass is 79.9. The lowest BCUT2D eigenvalue weighted by molar-refractivity contribution is 0.443. The molecule has 1 atom stereocenters. The molecule has 1 aromatic rings. The molecule has 0 aliphatic heterocycles. The minimum atomic E-state index is 0.0125. The summed E-state index contributed by atoms with van der Waals surface area (Å²) in [6.45, 7) is 3.93. The Balaban J connectivity index is 2.53. The fourth-order valence-electron chi connectivity index (χ4n) is 2.22. The van der Waals surface area contributed by atoms with Crippen molar-refractivity contribution in [2.24, 2.45) is 5.73 Å². The summed E-state index contributed by atoms with van der Waals surface area (Å²) in [5.74, 6) is 0.410. The van der Waals surface area contributed by atoms with E-state index in [1.807, 2.05) is 26.0 Å². The molecular weight excluding hydrogens is 254 g/mol. The Kier molecular flexibility index (Phi) is 2.55. The smallest absolute Gasteiger partial charge is 0.122 e. The first-order valence-corrected chi connectivity index (χ1v) is 6.02. The van der Waals surface area contributed by atoms with Crippen molar-refractivity contribution in [3.8, 4) is 5.75 Å². The van der Waals surface area contributed by atoms with Gasteiger partial charge in [0.2, 0.25) is 0 Å². The molecule has 3 heteroatoms. The molecule has 1 saturated carbocycles. The quantitative estimate of drug-likeness (QED) is 0.868. The number of rotatable bonds is 2. The minimum absolute atomic E-state index is 0.0125. The number of benzene rings is 1. The van der Waals surface area contributed by atoms with E-state index in [1.165, 1.54) is 0 Å². The molecule has 0 spiro atoms. The van der Waals surface area contributed by atoms with Crippen LogP contribution in [0.3, 0.4) is 0 Å². The average molecular weight is 270 g/mol. The highest BCUT2D eigenvalue weighted by Crippen LogP contribution is 2.54. The van der Waals surface area contributed by atoms with Crippen molar-refractivity contribution in [2.45, 2.75) is 38.1 Å². The van der Waals surface area contributed by atoms with Gasteiger partial charge in [-0.3, -0.25) is 0 Å². The van der Waals surface area contributed by atoms with Gasteiger partial charge in [-0.1, -0.05) is 15.9 Å². The van der Waals surface area contributed by atoms with E-state index in [4.69, 9.17) is 5.73 Å². The van der Waals surface area contributed by atoms with Crippen LogP contribution in [0.4, 0.5) is 0 Å². The van der Waals surface area contributed by atoms with E-state index in [-0.39, 0.29) is 11.5 Å². The highest BCUT2D eigenvalue weighted by molar-refractivity contribution is 9.10. The summed E-state index contributed by atoms with van der Waals surface area (Å²) < 4.78 is 1.01. The zero-order valence-corrected chi connectivity index (χ0v) is 10.6. The Bertz CT molecular complexity index is 397. The van der Waals surface area contributed by atoms with Crippen molar-refractivity contribution >= 4 is 15.9 Å². The van der Waals surface area contributed by atoms with Crippen LogP contribution in [0.2, 0.25) is 0 Å². The van der Waals surface area contributed by atoms with E-state index in [0.717, 1.165) is 28.4 Å². The minimum Gasteiger partial charge on any atom is -0.507 e. The number of nitrogens with two attached hydrogens (primary N) is 1. The number of halogens is 1.